The number of halogens is 1. The minimum absolute atomic E-state index is 0.227. The third kappa shape index (κ3) is 2.32. The van der Waals surface area contributed by atoms with E-state index in [1.807, 2.05) is 12.1 Å². The molecule has 74 valence electrons. The van der Waals surface area contributed by atoms with Crippen molar-refractivity contribution in [2.45, 2.75) is 19.8 Å². The maximum Gasteiger partial charge on any atom is 0.131 e. The number of hydrogen-bond acceptors (Lipinski definition) is 0. The molecular weight excluding hydrogens is 175 g/mol. The Bertz CT molecular complexity index is 350. The van der Waals surface area contributed by atoms with E-state index in [1.54, 1.807) is 6.08 Å². The number of allylic oxidation sites excluding steroid dienone is 2. The normalized spacial score (nSPS) is 9.86. The van der Waals surface area contributed by atoms with E-state index in [0.717, 1.165) is 18.4 Å². The van der Waals surface area contributed by atoms with Crippen molar-refractivity contribution in [3.05, 3.63) is 54.4 Å². The maximum absolute atomic E-state index is 13.3. The number of rotatable bonds is 4. The summed E-state index contributed by atoms with van der Waals surface area (Å²) in [5.74, 6) is -0.227. The van der Waals surface area contributed by atoms with Crippen LogP contribution in [-0.2, 0) is 6.42 Å². The van der Waals surface area contributed by atoms with Gasteiger partial charge in [0, 0.05) is 5.56 Å². The molecule has 0 heterocycles. The zero-order valence-corrected chi connectivity index (χ0v) is 8.52. The largest absolute Gasteiger partial charge is 0.206 e. The Hall–Kier alpha value is -1.37. The molecule has 0 spiro atoms. The van der Waals surface area contributed by atoms with Gasteiger partial charge in [0.05, 0.1) is 0 Å². The first-order chi connectivity index (χ1) is 6.69. The molecule has 1 heteroatoms. The molecule has 0 aliphatic heterocycles. The SMILES string of the molecule is C=CC(=C)c1cc(CCC)ccc1F. The van der Waals surface area contributed by atoms with E-state index in [-0.39, 0.29) is 5.82 Å². The Kier molecular flexibility index (Phi) is 3.63. The van der Waals surface area contributed by atoms with Gasteiger partial charge < -0.3 is 0 Å². The smallest absolute Gasteiger partial charge is 0.131 e. The van der Waals surface area contributed by atoms with E-state index in [0.29, 0.717) is 11.1 Å². The summed E-state index contributed by atoms with van der Waals surface area (Å²) >= 11 is 0. The molecular formula is C13H15F. The molecule has 0 saturated heterocycles. The molecule has 0 aromatic heterocycles. The molecule has 1 rings (SSSR count). The number of aryl methyl sites for hydroxylation is 1. The van der Waals surface area contributed by atoms with E-state index in [9.17, 15) is 4.39 Å². The van der Waals surface area contributed by atoms with E-state index < -0.39 is 0 Å². The molecule has 0 aliphatic carbocycles. The van der Waals surface area contributed by atoms with Crippen LogP contribution >= 0.6 is 0 Å². The number of hydrogen-bond donors (Lipinski definition) is 0. The first kappa shape index (κ1) is 10.7. The Labute approximate surface area is 84.8 Å². The van der Waals surface area contributed by atoms with Crippen molar-refractivity contribution in [1.82, 2.24) is 0 Å². The molecule has 0 amide bonds. The van der Waals surface area contributed by atoms with Gasteiger partial charge in [-0.2, -0.15) is 0 Å². The topological polar surface area (TPSA) is 0 Å². The lowest BCUT2D eigenvalue weighted by atomic mass is 10.0. The van der Waals surface area contributed by atoms with Crippen molar-refractivity contribution in [3.8, 4) is 0 Å². The van der Waals surface area contributed by atoms with Crippen LogP contribution in [0.1, 0.15) is 24.5 Å². The summed E-state index contributed by atoms with van der Waals surface area (Å²) in [4.78, 5) is 0. The molecule has 0 saturated carbocycles. The van der Waals surface area contributed by atoms with Gasteiger partial charge in [0.15, 0.2) is 0 Å². The summed E-state index contributed by atoms with van der Waals surface area (Å²) < 4.78 is 13.3. The van der Waals surface area contributed by atoms with Gasteiger partial charge in [-0.05, 0) is 29.7 Å². The van der Waals surface area contributed by atoms with Crippen LogP contribution in [0.2, 0.25) is 0 Å². The second kappa shape index (κ2) is 4.75. The second-order valence-corrected chi connectivity index (χ2v) is 3.29. The Morgan fingerprint density at radius 1 is 1.50 bits per heavy atom. The third-order valence-electron chi connectivity index (χ3n) is 2.16. The van der Waals surface area contributed by atoms with Crippen molar-refractivity contribution in [3.63, 3.8) is 0 Å². The quantitative estimate of drug-likeness (QED) is 0.630. The predicted octanol–water partition coefficient (Wildman–Crippen LogP) is 3.98. The highest BCUT2D eigenvalue weighted by Gasteiger charge is 2.04. The van der Waals surface area contributed by atoms with Crippen molar-refractivity contribution in [1.29, 1.82) is 0 Å². The summed E-state index contributed by atoms with van der Waals surface area (Å²) in [5, 5.41) is 0. The monoisotopic (exact) mass is 190 g/mol. The fraction of sp³-hybridized carbons (Fsp3) is 0.231. The first-order valence-electron chi connectivity index (χ1n) is 4.79. The van der Waals surface area contributed by atoms with Gasteiger partial charge in [-0.25, -0.2) is 4.39 Å². The molecule has 1 aromatic carbocycles. The van der Waals surface area contributed by atoms with Crippen LogP contribution in [-0.4, -0.2) is 0 Å². The summed E-state index contributed by atoms with van der Waals surface area (Å²) in [5.41, 5.74) is 2.35. The molecule has 1 aromatic rings. The number of benzene rings is 1. The van der Waals surface area contributed by atoms with E-state index >= 15 is 0 Å². The predicted molar refractivity (Wildman–Crippen MR) is 59.6 cm³/mol. The lowest BCUT2D eigenvalue weighted by Crippen LogP contribution is -1.91. The average Bonchev–Trinajstić information content (AvgIpc) is 2.20. The molecule has 0 atom stereocenters. The maximum atomic E-state index is 13.3. The van der Waals surface area contributed by atoms with Crippen LogP contribution in [0.15, 0.2) is 37.4 Å². The van der Waals surface area contributed by atoms with Gasteiger partial charge in [-0.3, -0.25) is 0 Å². The molecule has 0 fully saturated rings. The molecule has 0 bridgehead atoms. The summed E-state index contributed by atoms with van der Waals surface area (Å²) in [6, 6.07) is 5.16. The standard InChI is InChI=1S/C13H15F/c1-4-6-11-7-8-13(14)12(9-11)10(3)5-2/h5,7-9H,2-4,6H2,1H3. The van der Waals surface area contributed by atoms with Crippen molar-refractivity contribution in [2.75, 3.05) is 0 Å². The molecule has 0 nitrogen and oxygen atoms in total. The van der Waals surface area contributed by atoms with Crippen LogP contribution in [0.5, 0.6) is 0 Å². The molecule has 0 aliphatic rings. The lowest BCUT2D eigenvalue weighted by molar-refractivity contribution is 0.623. The van der Waals surface area contributed by atoms with Crippen molar-refractivity contribution >= 4 is 5.57 Å². The van der Waals surface area contributed by atoms with E-state index in [1.165, 1.54) is 6.07 Å². The summed E-state index contributed by atoms with van der Waals surface area (Å²) in [7, 11) is 0. The van der Waals surface area contributed by atoms with E-state index in [2.05, 4.69) is 20.1 Å². The average molecular weight is 190 g/mol. The highest BCUT2D eigenvalue weighted by Crippen LogP contribution is 2.19. The third-order valence-corrected chi connectivity index (χ3v) is 2.16. The highest BCUT2D eigenvalue weighted by molar-refractivity contribution is 5.72. The first-order valence-corrected chi connectivity index (χ1v) is 4.79. The van der Waals surface area contributed by atoms with Crippen LogP contribution < -0.4 is 0 Å². The van der Waals surface area contributed by atoms with Gasteiger partial charge in [0.1, 0.15) is 5.82 Å². The zero-order valence-electron chi connectivity index (χ0n) is 8.52. The second-order valence-electron chi connectivity index (χ2n) is 3.29. The molecule has 0 N–H and O–H groups in total. The van der Waals surface area contributed by atoms with Crippen LogP contribution in [0.3, 0.4) is 0 Å². The Morgan fingerprint density at radius 3 is 2.79 bits per heavy atom. The molecule has 0 radical (unpaired) electrons. The fourth-order valence-electron chi connectivity index (χ4n) is 1.37. The van der Waals surface area contributed by atoms with Crippen LogP contribution in [0, 0.1) is 5.82 Å². The van der Waals surface area contributed by atoms with Gasteiger partial charge in [-0.15, -0.1) is 0 Å². The van der Waals surface area contributed by atoms with Crippen LogP contribution in [0.25, 0.3) is 5.57 Å². The van der Waals surface area contributed by atoms with E-state index in [4.69, 9.17) is 0 Å². The van der Waals surface area contributed by atoms with Gasteiger partial charge in [0.25, 0.3) is 0 Å². The highest BCUT2D eigenvalue weighted by atomic mass is 19.1. The van der Waals surface area contributed by atoms with Gasteiger partial charge in [-0.1, -0.05) is 38.6 Å². The molecule has 14 heavy (non-hydrogen) atoms. The fourth-order valence-corrected chi connectivity index (χ4v) is 1.37. The Morgan fingerprint density at radius 2 is 2.21 bits per heavy atom. The summed E-state index contributed by atoms with van der Waals surface area (Å²) in [6.07, 6.45) is 3.61. The zero-order chi connectivity index (χ0) is 10.6. The minimum atomic E-state index is -0.227. The van der Waals surface area contributed by atoms with Crippen molar-refractivity contribution < 1.29 is 4.39 Å². The van der Waals surface area contributed by atoms with Crippen LogP contribution in [0.4, 0.5) is 4.39 Å². The van der Waals surface area contributed by atoms with Crippen molar-refractivity contribution in [2.24, 2.45) is 0 Å². The summed E-state index contributed by atoms with van der Waals surface area (Å²) in [6.45, 7) is 9.44. The van der Waals surface area contributed by atoms with Gasteiger partial charge in [0.2, 0.25) is 0 Å². The Balaban J connectivity index is 3.07. The minimum Gasteiger partial charge on any atom is -0.206 e. The van der Waals surface area contributed by atoms with Gasteiger partial charge >= 0.3 is 0 Å². The lowest BCUT2D eigenvalue weighted by Gasteiger charge is -2.05. The molecule has 0 unspecified atom stereocenters.